The second-order valence-corrected chi connectivity index (χ2v) is 9.58. The SMILES string of the molecule is CN(C1CCC(C)(C)CC1)S(=O)(=O)N1CCCCC1CCl. The molecule has 4 nitrogen and oxygen atoms in total. The van der Waals surface area contributed by atoms with Gasteiger partial charge in [0.25, 0.3) is 10.2 Å². The highest BCUT2D eigenvalue weighted by Crippen LogP contribution is 2.37. The lowest BCUT2D eigenvalue weighted by Gasteiger charge is -2.42. The van der Waals surface area contributed by atoms with Crippen LogP contribution in [0, 0.1) is 5.41 Å². The van der Waals surface area contributed by atoms with Crippen LogP contribution in [0.4, 0.5) is 0 Å². The first-order valence-corrected chi connectivity index (χ1v) is 10.0. The van der Waals surface area contributed by atoms with E-state index in [1.54, 1.807) is 15.7 Å². The van der Waals surface area contributed by atoms with Gasteiger partial charge in [0.05, 0.1) is 0 Å². The Labute approximate surface area is 135 Å². The maximum Gasteiger partial charge on any atom is 0.282 e. The highest BCUT2D eigenvalue weighted by atomic mass is 35.5. The van der Waals surface area contributed by atoms with Gasteiger partial charge < -0.3 is 0 Å². The molecule has 6 heteroatoms. The lowest BCUT2D eigenvalue weighted by Crippen LogP contribution is -2.53. The topological polar surface area (TPSA) is 40.6 Å². The predicted octanol–water partition coefficient (Wildman–Crippen LogP) is 3.23. The molecule has 2 aliphatic rings. The highest BCUT2D eigenvalue weighted by Gasteiger charge is 2.39. The first-order chi connectivity index (χ1) is 9.78. The molecule has 0 radical (unpaired) electrons. The van der Waals surface area contributed by atoms with E-state index in [2.05, 4.69) is 13.8 Å². The minimum atomic E-state index is -3.38. The van der Waals surface area contributed by atoms with Gasteiger partial charge in [-0.25, -0.2) is 0 Å². The standard InChI is InChI=1S/C15H29ClN2O2S/c1-15(2)9-7-13(8-10-15)17(3)21(19,20)18-11-5-4-6-14(18)12-16/h13-14H,4-12H2,1-3H3. The summed E-state index contributed by atoms with van der Waals surface area (Å²) in [6, 6.07) is 0.105. The van der Waals surface area contributed by atoms with Crippen LogP contribution in [0.25, 0.3) is 0 Å². The Morgan fingerprint density at radius 1 is 1.19 bits per heavy atom. The van der Waals surface area contributed by atoms with Crippen LogP contribution in [0.1, 0.15) is 58.8 Å². The van der Waals surface area contributed by atoms with E-state index in [4.69, 9.17) is 11.6 Å². The van der Waals surface area contributed by atoms with Gasteiger partial charge in [-0.3, -0.25) is 0 Å². The van der Waals surface area contributed by atoms with Crippen molar-refractivity contribution in [2.45, 2.75) is 70.9 Å². The fourth-order valence-electron chi connectivity index (χ4n) is 3.53. The van der Waals surface area contributed by atoms with E-state index in [1.165, 1.54) is 0 Å². The van der Waals surface area contributed by atoms with Crippen molar-refractivity contribution in [3.05, 3.63) is 0 Å². The molecule has 1 aliphatic heterocycles. The Bertz CT molecular complexity index is 443. The van der Waals surface area contributed by atoms with Crippen molar-refractivity contribution in [2.75, 3.05) is 19.5 Å². The van der Waals surface area contributed by atoms with Crippen LogP contribution in [0.2, 0.25) is 0 Å². The van der Waals surface area contributed by atoms with E-state index in [0.29, 0.717) is 17.8 Å². The van der Waals surface area contributed by atoms with E-state index in [1.807, 2.05) is 0 Å². The molecular weight excluding hydrogens is 308 g/mol. The molecular formula is C15H29ClN2O2S. The van der Waals surface area contributed by atoms with E-state index in [9.17, 15) is 8.42 Å². The van der Waals surface area contributed by atoms with Crippen molar-refractivity contribution in [3.8, 4) is 0 Å². The normalized spacial score (nSPS) is 28.9. The van der Waals surface area contributed by atoms with E-state index in [0.717, 1.165) is 44.9 Å². The zero-order chi connectivity index (χ0) is 15.7. The van der Waals surface area contributed by atoms with Gasteiger partial charge in [0.2, 0.25) is 0 Å². The fourth-order valence-corrected chi connectivity index (χ4v) is 5.77. The number of halogens is 1. The number of alkyl halides is 1. The largest absolute Gasteiger partial charge is 0.282 e. The Morgan fingerprint density at radius 3 is 2.38 bits per heavy atom. The fraction of sp³-hybridized carbons (Fsp3) is 1.00. The minimum Gasteiger partial charge on any atom is -0.195 e. The van der Waals surface area contributed by atoms with Crippen LogP contribution in [-0.4, -0.2) is 48.6 Å². The first-order valence-electron chi connectivity index (χ1n) is 8.09. The molecule has 0 spiro atoms. The molecule has 1 saturated heterocycles. The molecule has 1 saturated carbocycles. The quantitative estimate of drug-likeness (QED) is 0.739. The number of hydrogen-bond donors (Lipinski definition) is 0. The van der Waals surface area contributed by atoms with Crippen LogP contribution in [0.3, 0.4) is 0 Å². The molecule has 0 bridgehead atoms. The molecule has 1 atom stereocenters. The molecule has 0 amide bonds. The molecule has 0 aromatic rings. The third-order valence-corrected chi connectivity index (χ3v) is 7.69. The summed E-state index contributed by atoms with van der Waals surface area (Å²) in [5.41, 5.74) is 0.352. The minimum absolute atomic E-state index is 0.0344. The van der Waals surface area contributed by atoms with Gasteiger partial charge in [-0.1, -0.05) is 20.3 Å². The lowest BCUT2D eigenvalue weighted by molar-refractivity contribution is 0.163. The Balaban J connectivity index is 2.08. The summed E-state index contributed by atoms with van der Waals surface area (Å²) >= 11 is 5.98. The molecule has 0 aromatic carbocycles. The summed E-state index contributed by atoms with van der Waals surface area (Å²) in [5, 5.41) is 0. The molecule has 2 fully saturated rings. The second kappa shape index (κ2) is 6.73. The van der Waals surface area contributed by atoms with E-state index < -0.39 is 10.2 Å². The van der Waals surface area contributed by atoms with Crippen molar-refractivity contribution in [2.24, 2.45) is 5.41 Å². The predicted molar refractivity (Wildman–Crippen MR) is 87.8 cm³/mol. The number of rotatable bonds is 4. The van der Waals surface area contributed by atoms with Crippen LogP contribution in [0.5, 0.6) is 0 Å². The summed E-state index contributed by atoms with van der Waals surface area (Å²) in [4.78, 5) is 0. The Hall–Kier alpha value is 0.160. The van der Waals surface area contributed by atoms with Gasteiger partial charge >= 0.3 is 0 Å². The molecule has 0 aromatic heterocycles. The van der Waals surface area contributed by atoms with Gasteiger partial charge in [0.15, 0.2) is 0 Å². The van der Waals surface area contributed by atoms with Crippen molar-refractivity contribution in [3.63, 3.8) is 0 Å². The summed E-state index contributed by atoms with van der Waals surface area (Å²) < 4.78 is 29.1. The van der Waals surface area contributed by atoms with Crippen molar-refractivity contribution in [1.82, 2.24) is 8.61 Å². The van der Waals surface area contributed by atoms with E-state index in [-0.39, 0.29) is 12.1 Å². The van der Waals surface area contributed by atoms with Crippen LogP contribution >= 0.6 is 11.6 Å². The van der Waals surface area contributed by atoms with Gasteiger partial charge in [-0.15, -0.1) is 11.6 Å². The Morgan fingerprint density at radius 2 is 1.81 bits per heavy atom. The monoisotopic (exact) mass is 336 g/mol. The lowest BCUT2D eigenvalue weighted by atomic mass is 9.76. The summed E-state index contributed by atoms with van der Waals surface area (Å²) in [6.07, 6.45) is 7.01. The highest BCUT2D eigenvalue weighted by molar-refractivity contribution is 7.86. The summed E-state index contributed by atoms with van der Waals surface area (Å²) in [5.74, 6) is 0.394. The first kappa shape index (κ1) is 17.5. The third-order valence-electron chi connectivity index (χ3n) is 5.23. The second-order valence-electron chi connectivity index (χ2n) is 7.33. The maximum absolute atomic E-state index is 12.9. The zero-order valence-electron chi connectivity index (χ0n) is 13.5. The van der Waals surface area contributed by atoms with Crippen LogP contribution in [0.15, 0.2) is 0 Å². The maximum atomic E-state index is 12.9. The smallest absolute Gasteiger partial charge is 0.195 e. The van der Waals surface area contributed by atoms with Gasteiger partial charge in [-0.05, 0) is 43.9 Å². The molecule has 2 rings (SSSR count). The van der Waals surface area contributed by atoms with E-state index >= 15 is 0 Å². The van der Waals surface area contributed by atoms with Gasteiger partial charge in [0.1, 0.15) is 0 Å². The van der Waals surface area contributed by atoms with Crippen molar-refractivity contribution in [1.29, 1.82) is 0 Å². The average molecular weight is 337 g/mol. The van der Waals surface area contributed by atoms with Crippen molar-refractivity contribution >= 4 is 21.8 Å². The molecule has 1 aliphatic carbocycles. The molecule has 124 valence electrons. The number of nitrogens with zero attached hydrogens (tertiary/aromatic N) is 2. The molecule has 1 unspecified atom stereocenters. The summed E-state index contributed by atoms with van der Waals surface area (Å²) in [7, 11) is -1.63. The van der Waals surface area contributed by atoms with Crippen LogP contribution < -0.4 is 0 Å². The van der Waals surface area contributed by atoms with Gasteiger partial charge in [0, 0.05) is 31.6 Å². The third kappa shape index (κ3) is 3.92. The number of hydrogen-bond acceptors (Lipinski definition) is 2. The Kier molecular flexibility index (Phi) is 5.61. The zero-order valence-corrected chi connectivity index (χ0v) is 15.1. The summed E-state index contributed by atoms with van der Waals surface area (Å²) in [6.45, 7) is 5.15. The van der Waals surface area contributed by atoms with Crippen LogP contribution in [-0.2, 0) is 10.2 Å². The molecule has 0 N–H and O–H groups in total. The number of piperidine rings is 1. The molecule has 21 heavy (non-hydrogen) atoms. The average Bonchev–Trinajstić information content (AvgIpc) is 2.46. The molecule has 1 heterocycles. The van der Waals surface area contributed by atoms with Crippen molar-refractivity contribution < 1.29 is 8.42 Å². The van der Waals surface area contributed by atoms with Gasteiger partial charge in [-0.2, -0.15) is 17.0 Å².